The van der Waals surface area contributed by atoms with Crippen LogP contribution in [0.2, 0.25) is 0 Å². The van der Waals surface area contributed by atoms with Crippen LogP contribution in [0, 0.1) is 5.92 Å². The van der Waals surface area contributed by atoms with Gasteiger partial charge >= 0.3 is 5.97 Å². The summed E-state index contributed by atoms with van der Waals surface area (Å²) in [6.45, 7) is 0. The lowest BCUT2D eigenvalue weighted by molar-refractivity contribution is -0.177. The van der Waals surface area contributed by atoms with Crippen LogP contribution >= 0.6 is 0 Å². The predicted octanol–water partition coefficient (Wildman–Crippen LogP) is 1.24. The quantitative estimate of drug-likeness (QED) is 0.658. The summed E-state index contributed by atoms with van der Waals surface area (Å²) in [4.78, 5) is 40.8. The molecule has 2 saturated carbocycles. The summed E-state index contributed by atoms with van der Waals surface area (Å²) in [7, 11) is 0. The molecule has 2 aromatic rings. The van der Waals surface area contributed by atoms with Gasteiger partial charge in [0, 0.05) is 18.7 Å². The number of ether oxygens (including phenoxy) is 1. The van der Waals surface area contributed by atoms with Crippen LogP contribution in [0.15, 0.2) is 23.1 Å². The minimum absolute atomic E-state index is 0.126. The lowest BCUT2D eigenvalue weighted by Crippen LogP contribution is -2.54. The molecule has 4 rings (SSSR count). The number of hydrogen-bond acceptors (Lipinski definition) is 7. The number of nitrogens with zero attached hydrogens (tertiary/aromatic N) is 2. The molecular weight excluding hydrogens is 362 g/mol. The first-order valence-corrected chi connectivity index (χ1v) is 9.61. The van der Waals surface area contributed by atoms with Gasteiger partial charge in [0.2, 0.25) is 0 Å². The van der Waals surface area contributed by atoms with Gasteiger partial charge in [-0.05, 0) is 44.2 Å². The lowest BCUT2D eigenvalue weighted by atomic mass is 9.80. The lowest BCUT2D eigenvalue weighted by Gasteiger charge is -2.39. The molecule has 2 aromatic heterocycles. The number of rotatable bonds is 5. The number of carbonyl (C=O) groups is 2. The Balaban J connectivity index is 1.56. The van der Waals surface area contributed by atoms with Crippen LogP contribution < -0.4 is 16.6 Å². The maximum Gasteiger partial charge on any atom is 0.309 e. The summed E-state index contributed by atoms with van der Waals surface area (Å²) in [5.41, 5.74) is 4.48. The maximum atomic E-state index is 12.4. The molecule has 0 bridgehead atoms. The third-order valence-corrected chi connectivity index (χ3v) is 5.78. The highest BCUT2D eigenvalue weighted by Gasteiger charge is 2.46. The van der Waals surface area contributed by atoms with Crippen LogP contribution in [0.4, 0.5) is 5.82 Å². The molecule has 2 atom stereocenters. The SMILES string of the molecule is NC(=O)C1(OC(=O)C2CCC2)CCCC(Nc2n[nH]c(=O)c3cccnc23)C1. The molecule has 148 valence electrons. The number of nitrogens with one attached hydrogen (secondary N) is 2. The van der Waals surface area contributed by atoms with Crippen molar-refractivity contribution in [1.29, 1.82) is 0 Å². The van der Waals surface area contributed by atoms with Crippen molar-refractivity contribution in [2.45, 2.75) is 56.6 Å². The number of pyridine rings is 1. The van der Waals surface area contributed by atoms with Gasteiger partial charge < -0.3 is 15.8 Å². The third kappa shape index (κ3) is 3.32. The zero-order valence-electron chi connectivity index (χ0n) is 15.4. The van der Waals surface area contributed by atoms with E-state index in [1.54, 1.807) is 18.3 Å². The van der Waals surface area contributed by atoms with Gasteiger partial charge in [-0.25, -0.2) is 5.10 Å². The van der Waals surface area contributed by atoms with Crippen molar-refractivity contribution in [3.05, 3.63) is 28.7 Å². The highest BCUT2D eigenvalue weighted by molar-refractivity contribution is 5.88. The predicted molar refractivity (Wildman–Crippen MR) is 101 cm³/mol. The van der Waals surface area contributed by atoms with Crippen LogP contribution in [0.1, 0.15) is 44.9 Å². The Kier molecular flexibility index (Phi) is 4.74. The van der Waals surface area contributed by atoms with Gasteiger partial charge in [0.15, 0.2) is 11.4 Å². The Morgan fingerprint density at radius 1 is 1.29 bits per heavy atom. The molecule has 28 heavy (non-hydrogen) atoms. The average molecular weight is 385 g/mol. The second kappa shape index (κ2) is 7.21. The van der Waals surface area contributed by atoms with E-state index in [9.17, 15) is 14.4 Å². The molecule has 9 nitrogen and oxygen atoms in total. The Morgan fingerprint density at radius 2 is 2.11 bits per heavy atom. The van der Waals surface area contributed by atoms with Crippen LogP contribution in [0.25, 0.3) is 10.9 Å². The second-order valence-corrected chi connectivity index (χ2v) is 7.65. The number of primary amides is 1. The number of hydrogen-bond donors (Lipinski definition) is 3. The topological polar surface area (TPSA) is 140 Å². The third-order valence-electron chi connectivity index (χ3n) is 5.78. The van der Waals surface area contributed by atoms with Gasteiger partial charge in [0.05, 0.1) is 11.3 Å². The molecule has 2 aliphatic rings. The summed E-state index contributed by atoms with van der Waals surface area (Å²) < 4.78 is 5.67. The van der Waals surface area contributed by atoms with E-state index in [0.29, 0.717) is 29.6 Å². The molecule has 2 fully saturated rings. The van der Waals surface area contributed by atoms with Gasteiger partial charge in [-0.3, -0.25) is 19.4 Å². The minimum Gasteiger partial charge on any atom is -0.449 e. The van der Waals surface area contributed by atoms with E-state index in [1.807, 2.05) is 0 Å². The van der Waals surface area contributed by atoms with E-state index >= 15 is 0 Å². The second-order valence-electron chi connectivity index (χ2n) is 7.65. The molecule has 1 amide bonds. The van der Waals surface area contributed by atoms with Crippen molar-refractivity contribution in [2.24, 2.45) is 11.7 Å². The largest absolute Gasteiger partial charge is 0.449 e. The first-order valence-electron chi connectivity index (χ1n) is 9.61. The van der Waals surface area contributed by atoms with E-state index in [0.717, 1.165) is 25.7 Å². The maximum absolute atomic E-state index is 12.4. The molecule has 2 heterocycles. The molecule has 4 N–H and O–H groups in total. The number of anilines is 1. The molecule has 0 aliphatic heterocycles. The fourth-order valence-corrected chi connectivity index (χ4v) is 3.94. The minimum atomic E-state index is -1.31. The first-order chi connectivity index (χ1) is 13.5. The van der Waals surface area contributed by atoms with Crippen molar-refractivity contribution >= 4 is 28.6 Å². The molecular formula is C19H23N5O4. The molecule has 2 unspecified atom stereocenters. The summed E-state index contributed by atoms with van der Waals surface area (Å²) in [6, 6.07) is 3.15. The zero-order valence-corrected chi connectivity index (χ0v) is 15.4. The Hall–Kier alpha value is -2.97. The number of fused-ring (bicyclic) bond motifs is 1. The summed E-state index contributed by atoms with van der Waals surface area (Å²) in [5, 5.41) is 10.2. The van der Waals surface area contributed by atoms with E-state index in [4.69, 9.17) is 10.5 Å². The van der Waals surface area contributed by atoms with Gasteiger partial charge in [-0.1, -0.05) is 6.42 Å². The van der Waals surface area contributed by atoms with Gasteiger partial charge in [0.1, 0.15) is 5.52 Å². The standard InChI is InChI=1S/C19H23N5O4/c20-18(27)19(28-17(26)11-4-1-5-11)8-2-6-12(10-19)22-15-14-13(7-3-9-21-14)16(25)24-23-15/h3,7,9,11-12H,1-2,4-6,8,10H2,(H2,20,27)(H,22,23)(H,24,25). The van der Waals surface area contributed by atoms with E-state index in [-0.39, 0.29) is 29.9 Å². The van der Waals surface area contributed by atoms with E-state index in [2.05, 4.69) is 20.5 Å². The molecule has 0 aromatic carbocycles. The highest BCUT2D eigenvalue weighted by Crippen LogP contribution is 2.36. The average Bonchev–Trinajstić information content (AvgIpc) is 2.63. The van der Waals surface area contributed by atoms with Crippen molar-refractivity contribution in [2.75, 3.05) is 5.32 Å². The summed E-state index contributed by atoms with van der Waals surface area (Å²) in [6.07, 6.45) is 6.29. The zero-order chi connectivity index (χ0) is 19.7. The Morgan fingerprint density at radius 3 is 2.82 bits per heavy atom. The molecule has 0 spiro atoms. The number of nitrogens with two attached hydrogens (primary N) is 1. The number of esters is 1. The molecule has 9 heteroatoms. The van der Waals surface area contributed by atoms with Crippen molar-refractivity contribution < 1.29 is 14.3 Å². The van der Waals surface area contributed by atoms with Gasteiger partial charge in [0.25, 0.3) is 11.5 Å². The Bertz CT molecular complexity index is 970. The molecule has 0 saturated heterocycles. The van der Waals surface area contributed by atoms with Gasteiger partial charge in [-0.2, -0.15) is 5.10 Å². The van der Waals surface area contributed by atoms with Crippen LogP contribution in [-0.4, -0.2) is 38.7 Å². The first kappa shape index (κ1) is 18.4. The van der Waals surface area contributed by atoms with Crippen LogP contribution in [0.5, 0.6) is 0 Å². The summed E-state index contributed by atoms with van der Waals surface area (Å²) in [5.74, 6) is -0.659. The van der Waals surface area contributed by atoms with Crippen molar-refractivity contribution in [3.8, 4) is 0 Å². The fraction of sp³-hybridized carbons (Fsp3) is 0.526. The fourth-order valence-electron chi connectivity index (χ4n) is 3.94. The number of carbonyl (C=O) groups excluding carboxylic acids is 2. The number of amides is 1. The summed E-state index contributed by atoms with van der Waals surface area (Å²) >= 11 is 0. The Labute approximate surface area is 161 Å². The van der Waals surface area contributed by atoms with Crippen molar-refractivity contribution in [1.82, 2.24) is 15.2 Å². The monoisotopic (exact) mass is 385 g/mol. The normalized spacial score (nSPS) is 25.1. The molecule has 2 aliphatic carbocycles. The number of H-pyrrole nitrogens is 1. The highest BCUT2D eigenvalue weighted by atomic mass is 16.6. The van der Waals surface area contributed by atoms with Crippen molar-refractivity contribution in [3.63, 3.8) is 0 Å². The van der Waals surface area contributed by atoms with E-state index in [1.165, 1.54) is 0 Å². The smallest absolute Gasteiger partial charge is 0.309 e. The number of aromatic nitrogens is 3. The van der Waals surface area contributed by atoms with Crippen LogP contribution in [-0.2, 0) is 14.3 Å². The van der Waals surface area contributed by atoms with Crippen LogP contribution in [0.3, 0.4) is 0 Å². The van der Waals surface area contributed by atoms with Gasteiger partial charge in [-0.15, -0.1) is 0 Å². The van der Waals surface area contributed by atoms with E-state index < -0.39 is 11.5 Å². The molecule has 0 radical (unpaired) electrons. The number of aromatic amines is 1.